The van der Waals surface area contributed by atoms with E-state index in [-0.39, 0.29) is 11.4 Å². The van der Waals surface area contributed by atoms with Crippen LogP contribution in [0.15, 0.2) is 34.9 Å². The summed E-state index contributed by atoms with van der Waals surface area (Å²) < 4.78 is 44.0. The molecule has 0 aliphatic heterocycles. The number of benzene rings is 1. The summed E-state index contributed by atoms with van der Waals surface area (Å²) in [5, 5.41) is 0. The maximum Gasteiger partial charge on any atom is 0.433 e. The fourth-order valence-electron chi connectivity index (χ4n) is 1.50. The molecule has 7 heteroatoms. The van der Waals surface area contributed by atoms with Crippen LogP contribution in [0.2, 0.25) is 0 Å². The Kier molecular flexibility index (Phi) is 3.89. The largest absolute Gasteiger partial charge is 0.455 e. The first kappa shape index (κ1) is 14.6. The number of aromatic nitrogens is 1. The molecule has 0 bridgehead atoms. The molecule has 0 amide bonds. The average molecular weight is 347 g/mol. The molecule has 3 nitrogen and oxygen atoms in total. The fraction of sp³-hybridized carbons (Fsp3) is 0.154. The summed E-state index contributed by atoms with van der Waals surface area (Å²) in [6, 6.07) is 5.85. The van der Waals surface area contributed by atoms with Crippen LogP contribution in [0.4, 0.5) is 18.9 Å². The van der Waals surface area contributed by atoms with Crippen molar-refractivity contribution in [1.29, 1.82) is 0 Å². The third-order valence-corrected chi connectivity index (χ3v) is 3.43. The summed E-state index contributed by atoms with van der Waals surface area (Å²) >= 11 is 3.33. The van der Waals surface area contributed by atoms with Gasteiger partial charge in [0.15, 0.2) is 5.75 Å². The van der Waals surface area contributed by atoms with Crippen molar-refractivity contribution in [3.63, 3.8) is 0 Å². The standard InChI is InChI=1S/C13H10BrF3N2O/c1-7-4-8(2-3-9(7)14)20-11-5-12(13(15,16)17)19-6-10(11)18/h2-6H,18H2,1H3. The number of hydrogen-bond donors (Lipinski definition) is 1. The van der Waals surface area contributed by atoms with Crippen molar-refractivity contribution in [2.24, 2.45) is 0 Å². The highest BCUT2D eigenvalue weighted by molar-refractivity contribution is 9.10. The number of rotatable bonds is 2. The summed E-state index contributed by atoms with van der Waals surface area (Å²) in [6.07, 6.45) is -3.61. The van der Waals surface area contributed by atoms with Crippen molar-refractivity contribution in [3.05, 3.63) is 46.2 Å². The summed E-state index contributed by atoms with van der Waals surface area (Å²) in [7, 11) is 0. The molecule has 0 saturated heterocycles. The molecule has 2 rings (SSSR count). The van der Waals surface area contributed by atoms with Gasteiger partial charge in [-0.2, -0.15) is 13.2 Å². The van der Waals surface area contributed by atoms with E-state index in [1.54, 1.807) is 18.2 Å². The van der Waals surface area contributed by atoms with E-state index in [2.05, 4.69) is 20.9 Å². The van der Waals surface area contributed by atoms with Crippen molar-refractivity contribution in [2.75, 3.05) is 5.73 Å². The highest BCUT2D eigenvalue weighted by Gasteiger charge is 2.33. The molecule has 106 valence electrons. The summed E-state index contributed by atoms with van der Waals surface area (Å²) in [5.41, 5.74) is 5.47. The zero-order valence-corrected chi connectivity index (χ0v) is 11.9. The van der Waals surface area contributed by atoms with Crippen LogP contribution in [0.3, 0.4) is 0 Å². The number of nitrogen functional groups attached to an aromatic ring is 1. The molecule has 0 atom stereocenters. The quantitative estimate of drug-likeness (QED) is 0.867. The molecule has 1 aromatic carbocycles. The number of alkyl halides is 3. The lowest BCUT2D eigenvalue weighted by atomic mass is 10.2. The number of nitrogens with two attached hydrogens (primary N) is 1. The van der Waals surface area contributed by atoms with Crippen LogP contribution in [0, 0.1) is 6.92 Å². The van der Waals surface area contributed by atoms with Crippen molar-refractivity contribution < 1.29 is 17.9 Å². The SMILES string of the molecule is Cc1cc(Oc2cc(C(F)(F)F)ncc2N)ccc1Br. The van der Waals surface area contributed by atoms with Gasteiger partial charge in [-0.1, -0.05) is 15.9 Å². The Labute approximate surface area is 121 Å². The topological polar surface area (TPSA) is 48.1 Å². The predicted molar refractivity (Wildman–Crippen MR) is 72.6 cm³/mol. The molecule has 0 unspecified atom stereocenters. The Morgan fingerprint density at radius 1 is 1.25 bits per heavy atom. The van der Waals surface area contributed by atoms with E-state index in [9.17, 15) is 13.2 Å². The first-order valence-electron chi connectivity index (χ1n) is 5.54. The Hall–Kier alpha value is -1.76. The van der Waals surface area contributed by atoms with Gasteiger partial charge in [-0.3, -0.25) is 0 Å². The van der Waals surface area contributed by atoms with E-state index >= 15 is 0 Å². The van der Waals surface area contributed by atoms with E-state index in [1.807, 2.05) is 6.92 Å². The molecule has 0 aliphatic carbocycles. The molecule has 1 heterocycles. The minimum atomic E-state index is -4.54. The highest BCUT2D eigenvalue weighted by Crippen LogP contribution is 2.34. The van der Waals surface area contributed by atoms with Crippen molar-refractivity contribution in [3.8, 4) is 11.5 Å². The third-order valence-electron chi connectivity index (χ3n) is 2.54. The lowest BCUT2D eigenvalue weighted by Crippen LogP contribution is -2.08. The predicted octanol–water partition coefficient (Wildman–Crippen LogP) is 4.55. The second-order valence-electron chi connectivity index (χ2n) is 4.12. The Morgan fingerprint density at radius 3 is 2.55 bits per heavy atom. The third kappa shape index (κ3) is 3.22. The van der Waals surface area contributed by atoms with E-state index in [0.717, 1.165) is 22.3 Å². The van der Waals surface area contributed by atoms with Crippen LogP contribution < -0.4 is 10.5 Å². The molecule has 0 spiro atoms. The van der Waals surface area contributed by atoms with Crippen LogP contribution in [-0.4, -0.2) is 4.98 Å². The van der Waals surface area contributed by atoms with E-state index in [4.69, 9.17) is 10.5 Å². The number of hydrogen-bond acceptors (Lipinski definition) is 3. The van der Waals surface area contributed by atoms with Crippen LogP contribution in [0.25, 0.3) is 0 Å². The first-order valence-corrected chi connectivity index (χ1v) is 6.33. The van der Waals surface area contributed by atoms with Gasteiger partial charge in [0.25, 0.3) is 0 Å². The van der Waals surface area contributed by atoms with Gasteiger partial charge in [-0.25, -0.2) is 4.98 Å². The number of anilines is 1. The monoisotopic (exact) mass is 346 g/mol. The van der Waals surface area contributed by atoms with Crippen molar-refractivity contribution >= 4 is 21.6 Å². The number of aryl methyl sites for hydroxylation is 1. The number of ether oxygens (including phenoxy) is 1. The minimum absolute atomic E-state index is 0.0403. The number of halogens is 4. The fourth-order valence-corrected chi connectivity index (χ4v) is 1.75. The molecule has 0 aliphatic rings. The molecule has 0 radical (unpaired) electrons. The number of pyridine rings is 1. The van der Waals surface area contributed by atoms with Crippen LogP contribution in [-0.2, 0) is 6.18 Å². The summed E-state index contributed by atoms with van der Waals surface area (Å²) in [4.78, 5) is 3.25. The summed E-state index contributed by atoms with van der Waals surface area (Å²) in [5.74, 6) is 0.325. The van der Waals surface area contributed by atoms with Gasteiger partial charge in [-0.15, -0.1) is 0 Å². The minimum Gasteiger partial charge on any atom is -0.455 e. The van der Waals surface area contributed by atoms with E-state index in [1.165, 1.54) is 0 Å². The van der Waals surface area contributed by atoms with Crippen LogP contribution in [0.1, 0.15) is 11.3 Å². The second kappa shape index (κ2) is 5.32. The number of nitrogens with zero attached hydrogens (tertiary/aromatic N) is 1. The molecule has 0 fully saturated rings. The highest BCUT2D eigenvalue weighted by atomic mass is 79.9. The molecular weight excluding hydrogens is 337 g/mol. The van der Waals surface area contributed by atoms with Crippen molar-refractivity contribution in [2.45, 2.75) is 13.1 Å². The molecular formula is C13H10BrF3N2O. The maximum atomic E-state index is 12.6. The average Bonchev–Trinajstić information content (AvgIpc) is 2.35. The zero-order chi connectivity index (χ0) is 14.9. The molecule has 20 heavy (non-hydrogen) atoms. The van der Waals surface area contributed by atoms with E-state index in [0.29, 0.717) is 5.75 Å². The first-order chi connectivity index (χ1) is 9.27. The molecule has 2 N–H and O–H groups in total. The van der Waals surface area contributed by atoms with Gasteiger partial charge >= 0.3 is 6.18 Å². The van der Waals surface area contributed by atoms with Gasteiger partial charge in [0.2, 0.25) is 0 Å². The molecule has 2 aromatic rings. The van der Waals surface area contributed by atoms with Crippen LogP contribution >= 0.6 is 15.9 Å². The Bertz CT molecular complexity index is 644. The molecule has 0 saturated carbocycles. The van der Waals surface area contributed by atoms with Gasteiger partial charge in [0.05, 0.1) is 11.9 Å². The zero-order valence-electron chi connectivity index (χ0n) is 10.3. The Balaban J connectivity index is 2.35. The maximum absolute atomic E-state index is 12.6. The summed E-state index contributed by atoms with van der Waals surface area (Å²) in [6.45, 7) is 1.84. The van der Waals surface area contributed by atoms with Gasteiger partial charge in [0, 0.05) is 10.5 Å². The smallest absolute Gasteiger partial charge is 0.433 e. The van der Waals surface area contributed by atoms with Crippen LogP contribution in [0.5, 0.6) is 11.5 Å². The lowest BCUT2D eigenvalue weighted by molar-refractivity contribution is -0.141. The van der Waals surface area contributed by atoms with Gasteiger partial charge in [0.1, 0.15) is 11.4 Å². The van der Waals surface area contributed by atoms with E-state index < -0.39 is 11.9 Å². The van der Waals surface area contributed by atoms with Crippen molar-refractivity contribution in [1.82, 2.24) is 4.98 Å². The second-order valence-corrected chi connectivity index (χ2v) is 4.97. The van der Waals surface area contributed by atoms with Gasteiger partial charge in [-0.05, 0) is 30.7 Å². The lowest BCUT2D eigenvalue weighted by Gasteiger charge is -2.12. The molecule has 1 aromatic heterocycles. The van der Waals surface area contributed by atoms with Gasteiger partial charge < -0.3 is 10.5 Å². The Morgan fingerprint density at radius 2 is 1.95 bits per heavy atom. The normalized spacial score (nSPS) is 11.4.